The molecule has 0 saturated carbocycles. The maximum absolute atomic E-state index is 13.7. The van der Waals surface area contributed by atoms with E-state index < -0.39 is 29.2 Å². The van der Waals surface area contributed by atoms with Crippen molar-refractivity contribution < 1.29 is 19.1 Å². The molecule has 3 rings (SSSR count). The summed E-state index contributed by atoms with van der Waals surface area (Å²) in [6.07, 6.45) is 3.20. The van der Waals surface area contributed by atoms with Crippen molar-refractivity contribution in [2.75, 3.05) is 13.1 Å². The zero-order valence-electron chi connectivity index (χ0n) is 23.5. The van der Waals surface area contributed by atoms with Crippen LogP contribution in [0.15, 0.2) is 60.7 Å². The van der Waals surface area contributed by atoms with Gasteiger partial charge in [-0.25, -0.2) is 4.79 Å². The molecule has 1 heterocycles. The van der Waals surface area contributed by atoms with Gasteiger partial charge in [0.1, 0.15) is 17.2 Å². The van der Waals surface area contributed by atoms with Gasteiger partial charge < -0.3 is 20.3 Å². The van der Waals surface area contributed by atoms with E-state index in [0.29, 0.717) is 25.4 Å². The molecule has 1 aliphatic heterocycles. The molecule has 1 saturated heterocycles. The van der Waals surface area contributed by atoms with Gasteiger partial charge in [0.25, 0.3) is 0 Å². The summed E-state index contributed by atoms with van der Waals surface area (Å²) in [4.78, 5) is 41.1. The molecule has 1 unspecified atom stereocenters. The van der Waals surface area contributed by atoms with Gasteiger partial charge in [-0.1, -0.05) is 60.7 Å². The molecule has 1 fully saturated rings. The van der Waals surface area contributed by atoms with E-state index in [1.807, 2.05) is 29.2 Å². The third-order valence-electron chi connectivity index (χ3n) is 6.86. The van der Waals surface area contributed by atoms with E-state index in [2.05, 4.69) is 47.0 Å². The highest BCUT2D eigenvalue weighted by Gasteiger charge is 2.36. The lowest BCUT2D eigenvalue weighted by atomic mass is 9.89. The molecular formula is C31H43N3O4. The number of piperidine rings is 1. The number of carbonyl (C=O) groups is 3. The first-order valence-corrected chi connectivity index (χ1v) is 13.6. The number of likely N-dealkylation sites (tertiary alicyclic amines) is 1. The fraction of sp³-hybridized carbons (Fsp3) is 0.516. The van der Waals surface area contributed by atoms with Crippen molar-refractivity contribution in [1.29, 1.82) is 0 Å². The Hall–Kier alpha value is -3.35. The van der Waals surface area contributed by atoms with E-state index in [1.54, 1.807) is 34.6 Å². The van der Waals surface area contributed by atoms with Crippen LogP contribution in [0.2, 0.25) is 0 Å². The van der Waals surface area contributed by atoms with Crippen molar-refractivity contribution >= 4 is 17.9 Å². The van der Waals surface area contributed by atoms with Crippen molar-refractivity contribution in [3.05, 3.63) is 71.8 Å². The molecule has 7 nitrogen and oxygen atoms in total. The normalized spacial score (nSPS) is 15.4. The lowest BCUT2D eigenvalue weighted by molar-refractivity contribution is -0.138. The highest BCUT2D eigenvalue weighted by atomic mass is 16.6. The van der Waals surface area contributed by atoms with Gasteiger partial charge in [-0.2, -0.15) is 0 Å². The number of hydrogen-bond acceptors (Lipinski definition) is 4. The van der Waals surface area contributed by atoms with E-state index in [1.165, 1.54) is 11.1 Å². The molecule has 0 bridgehead atoms. The van der Waals surface area contributed by atoms with Crippen molar-refractivity contribution in [1.82, 2.24) is 15.5 Å². The van der Waals surface area contributed by atoms with Crippen molar-refractivity contribution in [2.45, 2.75) is 89.8 Å². The van der Waals surface area contributed by atoms with Gasteiger partial charge in [0, 0.05) is 13.1 Å². The van der Waals surface area contributed by atoms with Crippen molar-refractivity contribution in [2.24, 2.45) is 0 Å². The largest absolute Gasteiger partial charge is 0.444 e. The average molecular weight is 522 g/mol. The quantitative estimate of drug-likeness (QED) is 0.475. The first kappa shape index (κ1) is 29.2. The molecule has 7 heteroatoms. The van der Waals surface area contributed by atoms with Gasteiger partial charge in [0.05, 0.1) is 0 Å². The minimum atomic E-state index is -1.25. The van der Waals surface area contributed by atoms with E-state index in [-0.39, 0.29) is 5.91 Å². The third-order valence-corrected chi connectivity index (χ3v) is 6.86. The Bertz CT molecular complexity index is 1060. The highest BCUT2D eigenvalue weighted by molar-refractivity contribution is 5.93. The first-order valence-electron chi connectivity index (χ1n) is 13.6. The maximum Gasteiger partial charge on any atom is 0.408 e. The molecule has 3 amide bonds. The smallest absolute Gasteiger partial charge is 0.408 e. The standard InChI is InChI=1S/C31H43N3O4/c1-30(2,3)38-29(37)33-31(4,5)28(36)32-26(18-12-15-23-13-8-6-9-14-23)27(35)34-21-19-25(20-22-34)24-16-10-7-11-17-24/h6-11,13-14,16-17,25-26H,12,15,18-22H2,1-5H3,(H,32,36)(H,33,37). The first-order chi connectivity index (χ1) is 17.9. The fourth-order valence-corrected chi connectivity index (χ4v) is 4.75. The van der Waals surface area contributed by atoms with Gasteiger partial charge >= 0.3 is 6.09 Å². The summed E-state index contributed by atoms with van der Waals surface area (Å²) in [5.74, 6) is -0.0464. The number of alkyl carbamates (subject to hydrolysis) is 1. The SMILES string of the molecule is CC(C)(C)OC(=O)NC(C)(C)C(=O)NC(CCCc1ccccc1)C(=O)N1CCC(c2ccccc2)CC1. The van der Waals surface area contributed by atoms with Crippen LogP contribution in [0.3, 0.4) is 0 Å². The number of ether oxygens (including phenoxy) is 1. The van der Waals surface area contributed by atoms with E-state index >= 15 is 0 Å². The molecule has 38 heavy (non-hydrogen) atoms. The van der Waals surface area contributed by atoms with Crippen LogP contribution in [-0.4, -0.2) is 53.1 Å². The van der Waals surface area contributed by atoms with E-state index in [0.717, 1.165) is 25.7 Å². The third kappa shape index (κ3) is 8.89. The zero-order chi connectivity index (χ0) is 27.8. The minimum Gasteiger partial charge on any atom is -0.444 e. The highest BCUT2D eigenvalue weighted by Crippen LogP contribution is 2.28. The Morgan fingerprint density at radius 1 is 0.921 bits per heavy atom. The van der Waals surface area contributed by atoms with Crippen LogP contribution in [0, 0.1) is 0 Å². The van der Waals surface area contributed by atoms with Crippen LogP contribution in [0.5, 0.6) is 0 Å². The van der Waals surface area contributed by atoms with Crippen LogP contribution in [-0.2, 0) is 20.7 Å². The second kappa shape index (κ2) is 12.9. The van der Waals surface area contributed by atoms with Gasteiger partial charge in [-0.05, 0) is 83.8 Å². The summed E-state index contributed by atoms with van der Waals surface area (Å²) in [6, 6.07) is 19.9. The van der Waals surface area contributed by atoms with Crippen molar-refractivity contribution in [3.63, 3.8) is 0 Å². The molecule has 0 radical (unpaired) electrons. The van der Waals surface area contributed by atoms with Gasteiger partial charge in [0.15, 0.2) is 0 Å². The summed E-state index contributed by atoms with van der Waals surface area (Å²) in [7, 11) is 0. The number of amides is 3. The van der Waals surface area contributed by atoms with Crippen LogP contribution < -0.4 is 10.6 Å². The van der Waals surface area contributed by atoms with E-state index in [9.17, 15) is 14.4 Å². The van der Waals surface area contributed by atoms with Crippen LogP contribution >= 0.6 is 0 Å². The molecule has 2 N–H and O–H groups in total. The molecule has 2 aromatic carbocycles. The molecular weight excluding hydrogens is 478 g/mol. The van der Waals surface area contributed by atoms with Crippen LogP contribution in [0.4, 0.5) is 4.79 Å². The molecule has 2 aromatic rings. The Morgan fingerprint density at radius 2 is 1.50 bits per heavy atom. The number of rotatable bonds is 9. The number of carbonyl (C=O) groups excluding carboxylic acids is 3. The molecule has 0 spiro atoms. The summed E-state index contributed by atoms with van der Waals surface area (Å²) < 4.78 is 5.33. The summed E-state index contributed by atoms with van der Waals surface area (Å²) in [6.45, 7) is 9.84. The van der Waals surface area contributed by atoms with Crippen LogP contribution in [0.1, 0.15) is 77.3 Å². The number of nitrogens with one attached hydrogen (secondary N) is 2. The maximum atomic E-state index is 13.7. The Balaban J connectivity index is 1.65. The monoisotopic (exact) mass is 521 g/mol. The molecule has 0 aromatic heterocycles. The number of nitrogens with zero attached hydrogens (tertiary/aromatic N) is 1. The lowest BCUT2D eigenvalue weighted by Gasteiger charge is -2.35. The predicted molar refractivity (Wildman–Crippen MR) is 150 cm³/mol. The lowest BCUT2D eigenvalue weighted by Crippen LogP contribution is -2.60. The van der Waals surface area contributed by atoms with Crippen LogP contribution in [0.25, 0.3) is 0 Å². The fourth-order valence-electron chi connectivity index (χ4n) is 4.75. The Labute approximate surface area is 227 Å². The number of aryl methyl sites for hydroxylation is 1. The number of hydrogen-bond donors (Lipinski definition) is 2. The summed E-state index contributed by atoms with van der Waals surface area (Å²) in [5.41, 5.74) is 0.571. The van der Waals surface area contributed by atoms with Crippen molar-refractivity contribution in [3.8, 4) is 0 Å². The zero-order valence-corrected chi connectivity index (χ0v) is 23.5. The molecule has 1 aliphatic rings. The van der Waals surface area contributed by atoms with Gasteiger partial charge in [0.2, 0.25) is 11.8 Å². The predicted octanol–water partition coefficient (Wildman–Crippen LogP) is 5.20. The molecule has 1 atom stereocenters. The second-order valence-electron chi connectivity index (χ2n) is 11.7. The topological polar surface area (TPSA) is 87.7 Å². The second-order valence-corrected chi connectivity index (χ2v) is 11.7. The minimum absolute atomic E-state index is 0.0639. The van der Waals surface area contributed by atoms with E-state index in [4.69, 9.17) is 4.74 Å². The molecule has 206 valence electrons. The molecule has 0 aliphatic carbocycles. The Morgan fingerprint density at radius 3 is 2.08 bits per heavy atom. The Kier molecular flexibility index (Phi) is 9.95. The van der Waals surface area contributed by atoms with Gasteiger partial charge in [-0.3, -0.25) is 9.59 Å². The number of benzene rings is 2. The average Bonchev–Trinajstić information content (AvgIpc) is 2.87. The summed E-state index contributed by atoms with van der Waals surface area (Å²) >= 11 is 0. The van der Waals surface area contributed by atoms with Gasteiger partial charge in [-0.15, -0.1) is 0 Å². The summed E-state index contributed by atoms with van der Waals surface area (Å²) in [5, 5.41) is 5.60.